The van der Waals surface area contributed by atoms with Crippen LogP contribution in [0.3, 0.4) is 0 Å². The van der Waals surface area contributed by atoms with Crippen molar-refractivity contribution in [3.05, 3.63) is 29.8 Å². The van der Waals surface area contributed by atoms with Crippen molar-refractivity contribution in [3.8, 4) is 11.5 Å². The minimum atomic E-state index is -0.538. The topological polar surface area (TPSA) is 38.7 Å². The molecule has 0 spiro atoms. The molecule has 1 aromatic carbocycles. The lowest BCUT2D eigenvalue weighted by molar-refractivity contribution is 0.140. The number of allylic oxidation sites excluding steroid dienone is 1. The first-order valence-electron chi connectivity index (χ1n) is 4.82. The van der Waals surface area contributed by atoms with Gasteiger partial charge in [-0.1, -0.05) is 6.58 Å². The third-order valence-corrected chi connectivity index (χ3v) is 2.54. The van der Waals surface area contributed by atoms with Gasteiger partial charge in [-0.15, -0.1) is 0 Å². The van der Waals surface area contributed by atoms with Gasteiger partial charge in [-0.2, -0.15) is 0 Å². The highest BCUT2D eigenvalue weighted by molar-refractivity contribution is 5.75. The molecule has 1 aliphatic rings. The lowest BCUT2D eigenvalue weighted by Crippen LogP contribution is -1.97. The van der Waals surface area contributed by atoms with Crippen molar-refractivity contribution in [1.82, 2.24) is 0 Å². The summed E-state index contributed by atoms with van der Waals surface area (Å²) in [4.78, 5) is 0. The molecule has 1 unspecified atom stereocenters. The number of hydrogen-bond acceptors (Lipinski definition) is 3. The van der Waals surface area contributed by atoms with E-state index in [1.807, 2.05) is 19.1 Å². The summed E-state index contributed by atoms with van der Waals surface area (Å²) >= 11 is 0. The molecule has 0 aromatic heterocycles. The summed E-state index contributed by atoms with van der Waals surface area (Å²) in [6.45, 7) is 6.10. The summed E-state index contributed by atoms with van der Waals surface area (Å²) in [7, 11) is 1.61. The summed E-state index contributed by atoms with van der Waals surface area (Å²) < 4.78 is 10.7. The van der Waals surface area contributed by atoms with Crippen LogP contribution in [-0.4, -0.2) is 18.8 Å². The zero-order valence-electron chi connectivity index (χ0n) is 8.91. The Morgan fingerprint density at radius 2 is 2.33 bits per heavy atom. The van der Waals surface area contributed by atoms with Crippen LogP contribution in [0.1, 0.15) is 24.2 Å². The zero-order chi connectivity index (χ0) is 11.0. The van der Waals surface area contributed by atoms with E-state index in [1.54, 1.807) is 7.11 Å². The molecule has 1 atom stereocenters. The van der Waals surface area contributed by atoms with E-state index >= 15 is 0 Å². The second kappa shape index (κ2) is 3.59. The van der Waals surface area contributed by atoms with Gasteiger partial charge in [-0.25, -0.2) is 0 Å². The number of aliphatic hydroxyl groups is 1. The molecule has 0 saturated heterocycles. The van der Waals surface area contributed by atoms with Gasteiger partial charge in [-0.3, -0.25) is 0 Å². The summed E-state index contributed by atoms with van der Waals surface area (Å²) in [6.07, 6.45) is -0.538. The van der Waals surface area contributed by atoms with Gasteiger partial charge in [0.25, 0.3) is 0 Å². The Bertz CT molecular complexity index is 410. The van der Waals surface area contributed by atoms with Gasteiger partial charge in [0, 0.05) is 5.56 Å². The smallest absolute Gasteiger partial charge is 0.136 e. The number of hydrogen-bond donors (Lipinski definition) is 1. The second-order valence-electron chi connectivity index (χ2n) is 3.67. The van der Waals surface area contributed by atoms with Crippen LogP contribution in [0.4, 0.5) is 0 Å². The molecule has 1 N–H and O–H groups in total. The Labute approximate surface area is 88.9 Å². The molecule has 80 valence electrons. The number of fused-ring (bicyclic) bond motifs is 1. The van der Waals surface area contributed by atoms with Gasteiger partial charge >= 0.3 is 0 Å². The third kappa shape index (κ3) is 1.49. The molecule has 1 heterocycles. The van der Waals surface area contributed by atoms with Crippen LogP contribution in [0.15, 0.2) is 18.7 Å². The summed E-state index contributed by atoms with van der Waals surface area (Å²) in [6, 6.07) is 3.67. The number of methoxy groups -OCH3 is 1. The molecule has 0 amide bonds. The summed E-state index contributed by atoms with van der Waals surface area (Å²) in [5.74, 6) is 1.43. The predicted octanol–water partition coefficient (Wildman–Crippen LogP) is 2.15. The van der Waals surface area contributed by atoms with Gasteiger partial charge < -0.3 is 14.6 Å². The molecule has 3 nitrogen and oxygen atoms in total. The first kappa shape index (κ1) is 10.1. The zero-order valence-corrected chi connectivity index (χ0v) is 8.91. The highest BCUT2D eigenvalue weighted by atomic mass is 16.5. The van der Waals surface area contributed by atoms with E-state index in [1.165, 1.54) is 0 Å². The Morgan fingerprint density at radius 1 is 1.60 bits per heavy atom. The van der Waals surface area contributed by atoms with Crippen LogP contribution < -0.4 is 9.47 Å². The Balaban J connectivity index is 2.63. The average molecular weight is 206 g/mol. The number of ether oxygens (including phenoxy) is 2. The molecular formula is C12H14O3. The maximum Gasteiger partial charge on any atom is 0.136 e. The lowest BCUT2D eigenvalue weighted by atomic mass is 10.0. The van der Waals surface area contributed by atoms with E-state index in [4.69, 9.17) is 9.47 Å². The van der Waals surface area contributed by atoms with Crippen LogP contribution in [0.25, 0.3) is 5.57 Å². The molecule has 3 heteroatoms. The van der Waals surface area contributed by atoms with Crippen LogP contribution in [0.5, 0.6) is 11.5 Å². The van der Waals surface area contributed by atoms with Crippen molar-refractivity contribution < 1.29 is 14.6 Å². The molecule has 1 aliphatic heterocycles. The highest BCUT2D eigenvalue weighted by Gasteiger charge is 2.26. The van der Waals surface area contributed by atoms with E-state index in [9.17, 15) is 5.11 Å². The average Bonchev–Trinajstić information content (AvgIpc) is 2.58. The fourth-order valence-corrected chi connectivity index (χ4v) is 1.82. The summed E-state index contributed by atoms with van der Waals surface area (Å²) in [5, 5.41) is 9.66. The molecule has 0 bridgehead atoms. The van der Waals surface area contributed by atoms with Crippen molar-refractivity contribution in [2.75, 3.05) is 13.7 Å². The van der Waals surface area contributed by atoms with Gasteiger partial charge in [0.05, 0.1) is 12.7 Å². The largest absolute Gasteiger partial charge is 0.496 e. The van der Waals surface area contributed by atoms with Crippen molar-refractivity contribution in [3.63, 3.8) is 0 Å². The molecule has 15 heavy (non-hydrogen) atoms. The number of aliphatic hydroxyl groups excluding tert-OH is 1. The Kier molecular flexibility index (Phi) is 2.40. The standard InChI is InChI=1S/C12H14O3/c1-7(2)11-10(14-3)5-4-8-9(13)6-15-12(8)11/h4-5,9,13H,1,6H2,2-3H3. The third-order valence-electron chi connectivity index (χ3n) is 2.54. The second-order valence-corrected chi connectivity index (χ2v) is 3.67. The fraction of sp³-hybridized carbons (Fsp3) is 0.333. The Morgan fingerprint density at radius 3 is 2.93 bits per heavy atom. The maximum atomic E-state index is 9.66. The van der Waals surface area contributed by atoms with E-state index in [0.29, 0.717) is 12.4 Å². The fourth-order valence-electron chi connectivity index (χ4n) is 1.82. The predicted molar refractivity (Wildman–Crippen MR) is 58.2 cm³/mol. The molecule has 2 rings (SSSR count). The van der Waals surface area contributed by atoms with Gasteiger partial charge in [0.1, 0.15) is 24.2 Å². The van der Waals surface area contributed by atoms with Crippen molar-refractivity contribution >= 4 is 5.57 Å². The quantitative estimate of drug-likeness (QED) is 0.805. The van der Waals surface area contributed by atoms with E-state index in [-0.39, 0.29) is 0 Å². The van der Waals surface area contributed by atoms with E-state index < -0.39 is 6.10 Å². The van der Waals surface area contributed by atoms with Gasteiger partial charge in [-0.05, 0) is 24.6 Å². The summed E-state index contributed by atoms with van der Waals surface area (Å²) in [5.41, 5.74) is 2.54. The minimum absolute atomic E-state index is 0.308. The molecule has 0 aliphatic carbocycles. The molecule has 1 aromatic rings. The van der Waals surface area contributed by atoms with Crippen LogP contribution >= 0.6 is 0 Å². The van der Waals surface area contributed by atoms with Crippen molar-refractivity contribution in [2.45, 2.75) is 13.0 Å². The van der Waals surface area contributed by atoms with Crippen LogP contribution in [0.2, 0.25) is 0 Å². The Hall–Kier alpha value is -1.48. The molecule has 0 saturated carbocycles. The van der Waals surface area contributed by atoms with Crippen LogP contribution in [-0.2, 0) is 0 Å². The highest BCUT2D eigenvalue weighted by Crippen LogP contribution is 2.42. The van der Waals surface area contributed by atoms with Gasteiger partial charge in [0.2, 0.25) is 0 Å². The first-order chi connectivity index (χ1) is 7.15. The van der Waals surface area contributed by atoms with Gasteiger partial charge in [0.15, 0.2) is 0 Å². The monoisotopic (exact) mass is 206 g/mol. The molecule has 0 radical (unpaired) electrons. The first-order valence-corrected chi connectivity index (χ1v) is 4.82. The van der Waals surface area contributed by atoms with E-state index in [0.717, 1.165) is 22.4 Å². The number of benzene rings is 1. The maximum absolute atomic E-state index is 9.66. The number of rotatable bonds is 2. The van der Waals surface area contributed by atoms with Crippen molar-refractivity contribution in [1.29, 1.82) is 0 Å². The minimum Gasteiger partial charge on any atom is -0.496 e. The SMILES string of the molecule is C=C(C)c1c(OC)ccc2c1OCC2O. The lowest BCUT2D eigenvalue weighted by Gasteiger charge is -2.12. The normalized spacial score (nSPS) is 18.2. The molecule has 0 fully saturated rings. The van der Waals surface area contributed by atoms with Crippen LogP contribution in [0, 0.1) is 0 Å². The molecular weight excluding hydrogens is 192 g/mol. The van der Waals surface area contributed by atoms with Crippen molar-refractivity contribution in [2.24, 2.45) is 0 Å². The van der Waals surface area contributed by atoms with E-state index in [2.05, 4.69) is 6.58 Å².